The highest BCUT2D eigenvalue weighted by Crippen LogP contribution is 2.25. The number of β-amino-alcohol motifs (C(OH)–C–C–N with tert-alkyl or cyclic N) is 1. The maximum atomic E-state index is 12.7. The van der Waals surface area contributed by atoms with Crippen LogP contribution in [0.2, 0.25) is 0 Å². The fourth-order valence-electron chi connectivity index (χ4n) is 3.74. The number of halogens is 1. The van der Waals surface area contributed by atoms with Crippen LogP contribution in [0.3, 0.4) is 0 Å². The molecule has 0 saturated heterocycles. The molecule has 1 unspecified atom stereocenters. The van der Waals surface area contributed by atoms with Crippen LogP contribution in [-0.2, 0) is 6.42 Å². The lowest BCUT2D eigenvalue weighted by Gasteiger charge is -2.28. The molecule has 1 aliphatic carbocycles. The SMILES string of the molecule is CC(C)(Cc1cccc(C(=O)NCC2=CC=C(Cl)CC=C2)c1)NCC(O)c1cc(O)cc(O)c1. The quantitative estimate of drug-likeness (QED) is 0.362. The normalized spacial score (nSPS) is 14.7. The van der Waals surface area contributed by atoms with Gasteiger partial charge in [-0.3, -0.25) is 4.79 Å². The highest BCUT2D eigenvalue weighted by atomic mass is 35.5. The fourth-order valence-corrected chi connectivity index (χ4v) is 3.89. The Morgan fingerprint density at radius 2 is 1.85 bits per heavy atom. The molecule has 2 aromatic carbocycles. The third-order valence-corrected chi connectivity index (χ3v) is 5.78. The number of phenolic OH excluding ortho intramolecular Hbond substituents is 2. The molecule has 6 nitrogen and oxygen atoms in total. The summed E-state index contributed by atoms with van der Waals surface area (Å²) < 4.78 is 0. The average Bonchev–Trinajstić information content (AvgIpc) is 2.99. The number of rotatable bonds is 9. The van der Waals surface area contributed by atoms with Gasteiger partial charge in [0.1, 0.15) is 11.5 Å². The maximum absolute atomic E-state index is 12.7. The van der Waals surface area contributed by atoms with E-state index in [0.29, 0.717) is 30.5 Å². The second-order valence-electron chi connectivity index (χ2n) is 9.08. The van der Waals surface area contributed by atoms with E-state index in [1.165, 1.54) is 18.2 Å². The smallest absolute Gasteiger partial charge is 0.251 e. The Bertz CT molecular complexity index is 1100. The van der Waals surface area contributed by atoms with Gasteiger partial charge in [0.05, 0.1) is 6.10 Å². The predicted molar refractivity (Wildman–Crippen MR) is 135 cm³/mol. The molecule has 1 atom stereocenters. The first-order valence-corrected chi connectivity index (χ1v) is 11.5. The molecule has 0 spiro atoms. The number of allylic oxidation sites excluding steroid dienone is 4. The Kier molecular flexibility index (Phi) is 8.56. The molecule has 0 fully saturated rings. The molecular formula is C27H31ClN2O4. The number of hydrogen-bond acceptors (Lipinski definition) is 5. The van der Waals surface area contributed by atoms with Gasteiger partial charge in [0.15, 0.2) is 0 Å². The monoisotopic (exact) mass is 482 g/mol. The van der Waals surface area contributed by atoms with Crippen LogP contribution >= 0.6 is 11.6 Å². The van der Waals surface area contributed by atoms with Crippen molar-refractivity contribution in [1.82, 2.24) is 10.6 Å². The number of aromatic hydroxyl groups is 2. The number of aliphatic hydroxyl groups excluding tert-OH is 1. The molecule has 5 N–H and O–H groups in total. The lowest BCUT2D eigenvalue weighted by Crippen LogP contribution is -2.43. The molecule has 0 bridgehead atoms. The van der Waals surface area contributed by atoms with E-state index in [0.717, 1.165) is 16.2 Å². The minimum absolute atomic E-state index is 0.102. The van der Waals surface area contributed by atoms with Gasteiger partial charge in [-0.05, 0) is 67.3 Å². The Labute approximate surface area is 205 Å². The topological polar surface area (TPSA) is 102 Å². The van der Waals surface area contributed by atoms with Crippen molar-refractivity contribution in [1.29, 1.82) is 0 Å². The second-order valence-corrected chi connectivity index (χ2v) is 9.57. The number of amides is 1. The van der Waals surface area contributed by atoms with E-state index in [1.807, 2.05) is 56.4 Å². The van der Waals surface area contributed by atoms with Crippen LogP contribution in [0.15, 0.2) is 77.4 Å². The molecule has 0 aromatic heterocycles. The summed E-state index contributed by atoms with van der Waals surface area (Å²) >= 11 is 6.04. The first-order chi connectivity index (χ1) is 16.1. The number of nitrogens with one attached hydrogen (secondary N) is 2. The molecule has 1 amide bonds. The van der Waals surface area contributed by atoms with Crippen LogP contribution in [0.4, 0.5) is 0 Å². The summed E-state index contributed by atoms with van der Waals surface area (Å²) in [5, 5.41) is 36.8. The zero-order chi connectivity index (χ0) is 24.7. The molecule has 180 valence electrons. The highest BCUT2D eigenvalue weighted by Gasteiger charge is 2.21. The van der Waals surface area contributed by atoms with Crippen LogP contribution in [0.5, 0.6) is 11.5 Å². The molecule has 7 heteroatoms. The molecule has 0 saturated carbocycles. The minimum atomic E-state index is -0.897. The van der Waals surface area contributed by atoms with Crippen LogP contribution < -0.4 is 10.6 Å². The minimum Gasteiger partial charge on any atom is -0.508 e. The Balaban J connectivity index is 1.57. The summed E-state index contributed by atoms with van der Waals surface area (Å²) in [7, 11) is 0. The highest BCUT2D eigenvalue weighted by molar-refractivity contribution is 6.29. The maximum Gasteiger partial charge on any atom is 0.251 e. The van der Waals surface area contributed by atoms with Gasteiger partial charge in [-0.2, -0.15) is 0 Å². The van der Waals surface area contributed by atoms with Crippen LogP contribution in [0.25, 0.3) is 0 Å². The molecule has 2 aromatic rings. The number of aliphatic hydroxyl groups is 1. The van der Waals surface area contributed by atoms with Crippen LogP contribution in [0.1, 0.15) is 47.9 Å². The summed E-state index contributed by atoms with van der Waals surface area (Å²) in [6.45, 7) is 4.67. The summed E-state index contributed by atoms with van der Waals surface area (Å²) in [4.78, 5) is 12.7. The standard InChI is InChI=1S/C27H31ClN2O4/c1-27(2,30-17-25(33)21-12-23(31)14-24(32)13-21)15-19-6-3-7-20(11-19)26(34)29-16-18-5-4-8-22(28)10-9-18/h3-7,9-14,25,30-33H,8,15-17H2,1-2H3,(H,29,34). The largest absolute Gasteiger partial charge is 0.508 e. The molecule has 1 aliphatic rings. The molecule has 34 heavy (non-hydrogen) atoms. The number of hydrogen-bond donors (Lipinski definition) is 5. The van der Waals surface area contributed by atoms with E-state index >= 15 is 0 Å². The zero-order valence-corrected chi connectivity index (χ0v) is 20.1. The molecular weight excluding hydrogens is 452 g/mol. The van der Waals surface area contributed by atoms with Crippen molar-refractivity contribution in [3.05, 3.63) is 94.1 Å². The lowest BCUT2D eigenvalue weighted by atomic mass is 9.93. The van der Waals surface area contributed by atoms with Gasteiger partial charge in [-0.15, -0.1) is 0 Å². The molecule has 3 rings (SSSR count). The van der Waals surface area contributed by atoms with Crippen molar-refractivity contribution in [2.45, 2.75) is 38.3 Å². The van der Waals surface area contributed by atoms with Crippen molar-refractivity contribution in [2.75, 3.05) is 13.1 Å². The van der Waals surface area contributed by atoms with E-state index in [2.05, 4.69) is 10.6 Å². The number of carbonyl (C=O) groups is 1. The van der Waals surface area contributed by atoms with Gasteiger partial charge < -0.3 is 26.0 Å². The Morgan fingerprint density at radius 3 is 2.59 bits per heavy atom. The molecule has 0 heterocycles. The Morgan fingerprint density at radius 1 is 1.12 bits per heavy atom. The third-order valence-electron chi connectivity index (χ3n) is 5.49. The third kappa shape index (κ3) is 7.76. The van der Waals surface area contributed by atoms with E-state index < -0.39 is 6.10 Å². The first kappa shape index (κ1) is 25.6. The fraction of sp³-hybridized carbons (Fsp3) is 0.296. The van der Waals surface area contributed by atoms with Gasteiger partial charge in [-0.1, -0.05) is 42.0 Å². The van der Waals surface area contributed by atoms with Crippen molar-refractivity contribution in [3.63, 3.8) is 0 Å². The van der Waals surface area contributed by atoms with E-state index in [4.69, 9.17) is 11.6 Å². The van der Waals surface area contributed by atoms with Crippen molar-refractivity contribution in [2.24, 2.45) is 0 Å². The average molecular weight is 483 g/mol. The van der Waals surface area contributed by atoms with Gasteiger partial charge in [0.25, 0.3) is 5.91 Å². The van der Waals surface area contributed by atoms with E-state index in [9.17, 15) is 20.1 Å². The number of benzene rings is 2. The molecule has 0 aliphatic heterocycles. The number of phenols is 2. The van der Waals surface area contributed by atoms with Gasteiger partial charge in [0, 0.05) is 41.7 Å². The summed E-state index contributed by atoms with van der Waals surface area (Å²) in [6, 6.07) is 11.5. The summed E-state index contributed by atoms with van der Waals surface area (Å²) in [5.41, 5.74) is 2.59. The van der Waals surface area contributed by atoms with Crippen LogP contribution in [-0.4, -0.2) is 39.9 Å². The lowest BCUT2D eigenvalue weighted by molar-refractivity contribution is 0.0957. The van der Waals surface area contributed by atoms with E-state index in [1.54, 1.807) is 6.07 Å². The first-order valence-electron chi connectivity index (χ1n) is 11.2. The zero-order valence-electron chi connectivity index (χ0n) is 19.4. The second kappa shape index (κ2) is 11.4. The Hall–Kier alpha value is -3.06. The van der Waals surface area contributed by atoms with Crippen LogP contribution in [0, 0.1) is 0 Å². The molecule has 0 radical (unpaired) electrons. The summed E-state index contributed by atoms with van der Waals surface area (Å²) in [6.07, 6.45) is 8.11. The van der Waals surface area contributed by atoms with Gasteiger partial charge in [-0.25, -0.2) is 0 Å². The van der Waals surface area contributed by atoms with Crippen molar-refractivity contribution < 1.29 is 20.1 Å². The van der Waals surface area contributed by atoms with Gasteiger partial charge >= 0.3 is 0 Å². The van der Waals surface area contributed by atoms with Crippen molar-refractivity contribution in [3.8, 4) is 11.5 Å². The predicted octanol–water partition coefficient (Wildman–Crippen LogP) is 4.48. The van der Waals surface area contributed by atoms with E-state index in [-0.39, 0.29) is 29.5 Å². The summed E-state index contributed by atoms with van der Waals surface area (Å²) in [5.74, 6) is -0.356. The van der Waals surface area contributed by atoms with Gasteiger partial charge in [0.2, 0.25) is 0 Å². The number of carbonyl (C=O) groups excluding carboxylic acids is 1. The van der Waals surface area contributed by atoms with Crippen molar-refractivity contribution >= 4 is 17.5 Å².